The molecule has 7 heteroatoms. The SMILES string of the molecule is CCOC(=O)[C@]1(C)N[C@H](c2ccc(OC)cc2)[C@@H]2C(=O)N(CC)C(=O)[C@H]21. The van der Waals surface area contributed by atoms with Crippen LogP contribution in [0.2, 0.25) is 0 Å². The van der Waals surface area contributed by atoms with Crippen LogP contribution >= 0.6 is 0 Å². The molecule has 2 amide bonds. The molecule has 0 aromatic heterocycles. The number of amides is 2. The molecule has 1 aromatic rings. The molecule has 2 heterocycles. The quantitative estimate of drug-likeness (QED) is 0.629. The Morgan fingerprint density at radius 3 is 2.38 bits per heavy atom. The van der Waals surface area contributed by atoms with E-state index in [0.29, 0.717) is 12.3 Å². The largest absolute Gasteiger partial charge is 0.497 e. The summed E-state index contributed by atoms with van der Waals surface area (Å²) in [5, 5.41) is 3.23. The minimum atomic E-state index is -1.25. The van der Waals surface area contributed by atoms with Gasteiger partial charge in [0.05, 0.1) is 25.6 Å². The summed E-state index contributed by atoms with van der Waals surface area (Å²) in [5.41, 5.74) is -0.421. The molecule has 0 bridgehead atoms. The standard InChI is InChI=1S/C19H24N2O5/c1-5-21-16(22)13-14(17(21)23)19(3,18(24)26-6-2)20-15(13)11-7-9-12(25-4)10-8-11/h7-10,13-15,20H,5-6H2,1-4H3/t13-,14+,15-,19-/m1/s1. The zero-order valence-electron chi connectivity index (χ0n) is 15.4. The molecule has 140 valence electrons. The topological polar surface area (TPSA) is 84.9 Å². The lowest BCUT2D eigenvalue weighted by atomic mass is 9.80. The molecule has 2 fully saturated rings. The summed E-state index contributed by atoms with van der Waals surface area (Å²) in [4.78, 5) is 39.6. The summed E-state index contributed by atoms with van der Waals surface area (Å²) in [6.07, 6.45) is 0. The van der Waals surface area contributed by atoms with E-state index in [1.807, 2.05) is 12.1 Å². The molecule has 0 radical (unpaired) electrons. The van der Waals surface area contributed by atoms with Crippen LogP contribution in [0, 0.1) is 11.8 Å². The first-order chi connectivity index (χ1) is 12.4. The predicted molar refractivity (Wildman–Crippen MR) is 93.3 cm³/mol. The Hall–Kier alpha value is -2.41. The van der Waals surface area contributed by atoms with Crippen LogP contribution in [0.25, 0.3) is 0 Å². The molecule has 2 saturated heterocycles. The Morgan fingerprint density at radius 1 is 1.19 bits per heavy atom. The third-order valence-electron chi connectivity index (χ3n) is 5.37. The maximum absolute atomic E-state index is 12.9. The van der Waals surface area contributed by atoms with Gasteiger partial charge in [0.1, 0.15) is 11.3 Å². The molecule has 3 rings (SSSR count). The monoisotopic (exact) mass is 360 g/mol. The minimum Gasteiger partial charge on any atom is -0.497 e. The number of esters is 1. The highest BCUT2D eigenvalue weighted by atomic mass is 16.5. The Kier molecular flexibility index (Phi) is 4.75. The first kappa shape index (κ1) is 18.4. The van der Waals surface area contributed by atoms with E-state index in [-0.39, 0.29) is 18.4 Å². The van der Waals surface area contributed by atoms with Crippen molar-refractivity contribution in [3.8, 4) is 5.75 Å². The molecule has 26 heavy (non-hydrogen) atoms. The minimum absolute atomic E-state index is 0.209. The third-order valence-corrected chi connectivity index (χ3v) is 5.37. The maximum atomic E-state index is 12.9. The van der Waals surface area contributed by atoms with Crippen LogP contribution in [0.5, 0.6) is 5.75 Å². The number of fused-ring (bicyclic) bond motifs is 1. The first-order valence-electron chi connectivity index (χ1n) is 8.83. The van der Waals surface area contributed by atoms with E-state index in [9.17, 15) is 14.4 Å². The van der Waals surface area contributed by atoms with Crippen molar-refractivity contribution < 1.29 is 23.9 Å². The van der Waals surface area contributed by atoms with Crippen LogP contribution in [0.3, 0.4) is 0 Å². The second kappa shape index (κ2) is 6.72. The van der Waals surface area contributed by atoms with Crippen molar-refractivity contribution in [3.05, 3.63) is 29.8 Å². The molecule has 0 saturated carbocycles. The number of likely N-dealkylation sites (tertiary alicyclic amines) is 1. The highest BCUT2D eigenvalue weighted by molar-refractivity contribution is 6.09. The molecule has 7 nitrogen and oxygen atoms in total. The molecule has 0 spiro atoms. The number of benzene rings is 1. The highest BCUT2D eigenvalue weighted by Crippen LogP contribution is 2.49. The summed E-state index contributed by atoms with van der Waals surface area (Å²) in [7, 11) is 1.58. The molecule has 0 aliphatic carbocycles. The number of imide groups is 1. The number of methoxy groups -OCH3 is 1. The Balaban J connectivity index is 2.04. The molecular formula is C19H24N2O5. The van der Waals surface area contributed by atoms with Gasteiger partial charge < -0.3 is 9.47 Å². The van der Waals surface area contributed by atoms with E-state index >= 15 is 0 Å². The van der Waals surface area contributed by atoms with Crippen molar-refractivity contribution in [2.45, 2.75) is 32.4 Å². The lowest BCUT2D eigenvalue weighted by Gasteiger charge is -2.28. The van der Waals surface area contributed by atoms with Crippen LogP contribution in [0.4, 0.5) is 0 Å². The number of carbonyl (C=O) groups excluding carboxylic acids is 3. The van der Waals surface area contributed by atoms with Gasteiger partial charge in [-0.2, -0.15) is 0 Å². The van der Waals surface area contributed by atoms with Gasteiger partial charge in [-0.3, -0.25) is 24.6 Å². The fraction of sp³-hybridized carbons (Fsp3) is 0.526. The van der Waals surface area contributed by atoms with E-state index in [4.69, 9.17) is 9.47 Å². The van der Waals surface area contributed by atoms with Crippen molar-refractivity contribution in [3.63, 3.8) is 0 Å². The molecule has 1 N–H and O–H groups in total. The number of nitrogens with zero attached hydrogens (tertiary/aromatic N) is 1. The molecule has 4 atom stereocenters. The van der Waals surface area contributed by atoms with Crippen molar-refractivity contribution in [1.29, 1.82) is 0 Å². The fourth-order valence-corrected chi connectivity index (χ4v) is 4.08. The van der Waals surface area contributed by atoms with Crippen molar-refractivity contribution in [2.75, 3.05) is 20.3 Å². The van der Waals surface area contributed by atoms with Crippen molar-refractivity contribution >= 4 is 17.8 Å². The van der Waals surface area contributed by atoms with Gasteiger partial charge in [0, 0.05) is 12.6 Å². The van der Waals surface area contributed by atoms with Gasteiger partial charge in [0.2, 0.25) is 11.8 Å². The zero-order chi connectivity index (χ0) is 19.1. The van der Waals surface area contributed by atoms with Crippen LogP contribution in [0.1, 0.15) is 32.4 Å². The summed E-state index contributed by atoms with van der Waals surface area (Å²) in [6.45, 7) is 5.62. The smallest absolute Gasteiger partial charge is 0.326 e. The number of hydrogen-bond acceptors (Lipinski definition) is 6. The second-order valence-electron chi connectivity index (χ2n) is 6.74. The maximum Gasteiger partial charge on any atom is 0.326 e. The van der Waals surface area contributed by atoms with Crippen LogP contribution in [0.15, 0.2) is 24.3 Å². The lowest BCUT2D eigenvalue weighted by Crippen LogP contribution is -2.54. The van der Waals surface area contributed by atoms with Gasteiger partial charge in [-0.05, 0) is 38.5 Å². The van der Waals surface area contributed by atoms with E-state index in [2.05, 4.69) is 5.32 Å². The van der Waals surface area contributed by atoms with Gasteiger partial charge in [-0.25, -0.2) is 0 Å². The zero-order valence-corrected chi connectivity index (χ0v) is 15.4. The highest BCUT2D eigenvalue weighted by Gasteiger charge is 2.66. The summed E-state index contributed by atoms with van der Waals surface area (Å²) in [5.74, 6) is -1.79. The van der Waals surface area contributed by atoms with Crippen LogP contribution in [-0.4, -0.2) is 48.5 Å². The number of nitrogens with one attached hydrogen (secondary N) is 1. The van der Waals surface area contributed by atoms with E-state index < -0.39 is 29.4 Å². The number of ether oxygens (including phenoxy) is 2. The normalized spacial score (nSPS) is 30.5. The third kappa shape index (κ3) is 2.58. The van der Waals surface area contributed by atoms with Gasteiger partial charge in [0.25, 0.3) is 0 Å². The summed E-state index contributed by atoms with van der Waals surface area (Å²) < 4.78 is 10.4. The van der Waals surface area contributed by atoms with Crippen LogP contribution in [-0.2, 0) is 19.1 Å². The van der Waals surface area contributed by atoms with Gasteiger partial charge >= 0.3 is 5.97 Å². The molecule has 1 aromatic carbocycles. The number of hydrogen-bond donors (Lipinski definition) is 1. The van der Waals surface area contributed by atoms with Crippen molar-refractivity contribution in [2.24, 2.45) is 11.8 Å². The predicted octanol–water partition coefficient (Wildman–Crippen LogP) is 1.28. The summed E-state index contributed by atoms with van der Waals surface area (Å²) in [6, 6.07) is 6.83. The lowest BCUT2D eigenvalue weighted by molar-refractivity contribution is -0.155. The van der Waals surface area contributed by atoms with Gasteiger partial charge in [-0.15, -0.1) is 0 Å². The number of rotatable bonds is 5. The van der Waals surface area contributed by atoms with Gasteiger partial charge in [-0.1, -0.05) is 12.1 Å². The van der Waals surface area contributed by atoms with Gasteiger partial charge in [0.15, 0.2) is 0 Å². The molecule has 0 unspecified atom stereocenters. The fourth-order valence-electron chi connectivity index (χ4n) is 4.08. The Bertz CT molecular complexity index is 732. The molecular weight excluding hydrogens is 336 g/mol. The molecule has 2 aliphatic heterocycles. The number of carbonyl (C=O) groups is 3. The molecule has 2 aliphatic rings. The first-order valence-corrected chi connectivity index (χ1v) is 8.83. The van der Waals surface area contributed by atoms with E-state index in [0.717, 1.165) is 5.56 Å². The average Bonchev–Trinajstić information content (AvgIpc) is 3.09. The second-order valence-corrected chi connectivity index (χ2v) is 6.74. The Morgan fingerprint density at radius 2 is 1.85 bits per heavy atom. The average molecular weight is 360 g/mol. The van der Waals surface area contributed by atoms with Crippen molar-refractivity contribution in [1.82, 2.24) is 10.2 Å². The Labute approximate surface area is 152 Å². The van der Waals surface area contributed by atoms with E-state index in [1.54, 1.807) is 40.0 Å². The van der Waals surface area contributed by atoms with Crippen LogP contribution < -0.4 is 10.1 Å². The summed E-state index contributed by atoms with van der Waals surface area (Å²) >= 11 is 0. The van der Waals surface area contributed by atoms with E-state index in [1.165, 1.54) is 4.90 Å².